The van der Waals surface area contributed by atoms with Crippen LogP contribution in [-0.4, -0.2) is 48.8 Å². The molecular formula is C26H30N4O2. The molecule has 6 heteroatoms. The van der Waals surface area contributed by atoms with Gasteiger partial charge in [-0.3, -0.25) is 19.4 Å². The first-order chi connectivity index (χ1) is 15.5. The average Bonchev–Trinajstić information content (AvgIpc) is 2.76. The molecule has 0 fully saturated rings. The van der Waals surface area contributed by atoms with E-state index in [2.05, 4.69) is 10.6 Å². The lowest BCUT2D eigenvalue weighted by Gasteiger charge is -2.17. The number of carbonyl (C=O) groups excluding carboxylic acids is 2. The zero-order valence-electron chi connectivity index (χ0n) is 18.6. The van der Waals surface area contributed by atoms with E-state index in [4.69, 9.17) is 0 Å². The third-order valence-electron chi connectivity index (χ3n) is 4.87. The van der Waals surface area contributed by atoms with Gasteiger partial charge in [-0.25, -0.2) is 0 Å². The van der Waals surface area contributed by atoms with Crippen molar-refractivity contribution in [3.05, 3.63) is 96.1 Å². The Kier molecular flexibility index (Phi) is 8.54. The van der Waals surface area contributed by atoms with E-state index >= 15 is 0 Å². The van der Waals surface area contributed by atoms with E-state index in [1.807, 2.05) is 84.6 Å². The maximum absolute atomic E-state index is 12.3. The van der Waals surface area contributed by atoms with Gasteiger partial charge in [0, 0.05) is 24.5 Å². The van der Waals surface area contributed by atoms with E-state index in [1.165, 1.54) is 0 Å². The van der Waals surface area contributed by atoms with Gasteiger partial charge < -0.3 is 10.6 Å². The van der Waals surface area contributed by atoms with Crippen molar-refractivity contribution in [1.82, 2.24) is 9.80 Å². The summed E-state index contributed by atoms with van der Waals surface area (Å²) in [4.78, 5) is 28.6. The lowest BCUT2D eigenvalue weighted by molar-refractivity contribution is -0.118. The third-order valence-corrected chi connectivity index (χ3v) is 4.87. The van der Waals surface area contributed by atoms with Gasteiger partial charge in [0.2, 0.25) is 11.8 Å². The molecule has 0 radical (unpaired) electrons. The minimum atomic E-state index is -0.0808. The molecular weight excluding hydrogens is 400 g/mol. The summed E-state index contributed by atoms with van der Waals surface area (Å²) in [7, 11) is 3.83. The lowest BCUT2D eigenvalue weighted by atomic mass is 10.2. The minimum absolute atomic E-state index is 0.0808. The summed E-state index contributed by atoms with van der Waals surface area (Å²) in [6.45, 7) is 2.00. The Balaban J connectivity index is 1.42. The fourth-order valence-electron chi connectivity index (χ4n) is 3.43. The van der Waals surface area contributed by atoms with Crippen molar-refractivity contribution in [3.63, 3.8) is 0 Å². The van der Waals surface area contributed by atoms with Gasteiger partial charge in [0.1, 0.15) is 0 Å². The predicted octanol–water partition coefficient (Wildman–Crippen LogP) is 3.83. The largest absolute Gasteiger partial charge is 0.325 e. The molecule has 0 aliphatic heterocycles. The minimum Gasteiger partial charge on any atom is -0.325 e. The molecule has 3 rings (SSSR count). The van der Waals surface area contributed by atoms with E-state index in [0.29, 0.717) is 37.6 Å². The van der Waals surface area contributed by atoms with E-state index < -0.39 is 0 Å². The van der Waals surface area contributed by atoms with Crippen LogP contribution in [0.4, 0.5) is 11.4 Å². The fourth-order valence-corrected chi connectivity index (χ4v) is 3.43. The number of carbonyl (C=O) groups is 2. The number of amides is 2. The van der Waals surface area contributed by atoms with Crippen LogP contribution in [0.25, 0.3) is 0 Å². The van der Waals surface area contributed by atoms with E-state index in [1.54, 1.807) is 24.3 Å². The van der Waals surface area contributed by atoms with Crippen molar-refractivity contribution >= 4 is 23.2 Å². The molecule has 0 aliphatic carbocycles. The predicted molar refractivity (Wildman–Crippen MR) is 129 cm³/mol. The second-order valence-corrected chi connectivity index (χ2v) is 7.99. The number of hydrogen-bond acceptors (Lipinski definition) is 4. The van der Waals surface area contributed by atoms with Crippen LogP contribution < -0.4 is 10.6 Å². The Bertz CT molecular complexity index is 909. The van der Waals surface area contributed by atoms with Gasteiger partial charge >= 0.3 is 0 Å². The Labute approximate surface area is 189 Å². The Morgan fingerprint density at radius 3 is 1.28 bits per heavy atom. The van der Waals surface area contributed by atoms with Crippen LogP contribution in [0.1, 0.15) is 11.1 Å². The van der Waals surface area contributed by atoms with Crippen molar-refractivity contribution in [2.75, 3.05) is 37.8 Å². The van der Waals surface area contributed by atoms with Gasteiger partial charge in [0.15, 0.2) is 0 Å². The highest BCUT2D eigenvalue weighted by molar-refractivity contribution is 5.94. The number of hydrogen-bond donors (Lipinski definition) is 2. The summed E-state index contributed by atoms with van der Waals surface area (Å²) in [5.74, 6) is -0.162. The Morgan fingerprint density at radius 1 is 0.594 bits per heavy atom. The number of nitrogens with one attached hydrogen (secondary N) is 2. The van der Waals surface area contributed by atoms with Gasteiger partial charge in [-0.1, -0.05) is 60.7 Å². The number of benzene rings is 3. The van der Waals surface area contributed by atoms with Crippen LogP contribution in [0.15, 0.2) is 84.9 Å². The molecule has 166 valence electrons. The first kappa shape index (κ1) is 23.2. The SMILES string of the molecule is CN(CC(=O)Nc1ccc(NC(=O)CN(C)Cc2ccccc2)cc1)Cc1ccccc1. The summed E-state index contributed by atoms with van der Waals surface area (Å²) in [6.07, 6.45) is 0. The quantitative estimate of drug-likeness (QED) is 0.513. The standard InChI is InChI=1S/C26H30N4O2/c1-29(17-21-9-5-3-6-10-21)19-25(31)27-23-13-15-24(16-14-23)28-26(32)20-30(2)18-22-11-7-4-8-12-22/h3-16H,17-20H2,1-2H3,(H,27,31)(H,28,32). The molecule has 2 amide bonds. The van der Waals surface area contributed by atoms with Crippen molar-refractivity contribution in [2.24, 2.45) is 0 Å². The average molecular weight is 431 g/mol. The van der Waals surface area contributed by atoms with Crippen molar-refractivity contribution in [2.45, 2.75) is 13.1 Å². The molecule has 6 nitrogen and oxygen atoms in total. The molecule has 0 saturated carbocycles. The van der Waals surface area contributed by atoms with Crippen LogP contribution in [0.5, 0.6) is 0 Å². The number of rotatable bonds is 10. The molecule has 0 unspecified atom stereocenters. The molecule has 0 heterocycles. The first-order valence-corrected chi connectivity index (χ1v) is 10.6. The summed E-state index contributed by atoms with van der Waals surface area (Å²) in [6, 6.07) is 27.2. The van der Waals surface area contributed by atoms with Crippen molar-refractivity contribution < 1.29 is 9.59 Å². The highest BCUT2D eigenvalue weighted by Gasteiger charge is 2.10. The van der Waals surface area contributed by atoms with E-state index in [0.717, 1.165) is 11.1 Å². The zero-order valence-corrected chi connectivity index (χ0v) is 18.6. The molecule has 3 aromatic carbocycles. The highest BCUT2D eigenvalue weighted by Crippen LogP contribution is 2.14. The normalized spacial score (nSPS) is 10.9. The second-order valence-electron chi connectivity index (χ2n) is 7.99. The summed E-state index contributed by atoms with van der Waals surface area (Å²) >= 11 is 0. The topological polar surface area (TPSA) is 64.7 Å². The molecule has 32 heavy (non-hydrogen) atoms. The molecule has 0 atom stereocenters. The highest BCUT2D eigenvalue weighted by atomic mass is 16.2. The summed E-state index contributed by atoms with van der Waals surface area (Å²) in [5, 5.41) is 5.79. The fraction of sp³-hybridized carbons (Fsp3) is 0.231. The Hall–Kier alpha value is -3.48. The van der Waals surface area contributed by atoms with Gasteiger partial charge in [0.05, 0.1) is 13.1 Å². The molecule has 0 bridgehead atoms. The number of likely N-dealkylation sites (N-methyl/N-ethyl adjacent to an activating group) is 2. The lowest BCUT2D eigenvalue weighted by Crippen LogP contribution is -2.30. The van der Waals surface area contributed by atoms with Crippen LogP contribution in [0, 0.1) is 0 Å². The third kappa shape index (κ3) is 7.98. The maximum atomic E-state index is 12.3. The van der Waals surface area contributed by atoms with Crippen LogP contribution in [0.3, 0.4) is 0 Å². The molecule has 0 spiro atoms. The summed E-state index contributed by atoms with van der Waals surface area (Å²) in [5.41, 5.74) is 3.72. The Morgan fingerprint density at radius 2 is 0.938 bits per heavy atom. The summed E-state index contributed by atoms with van der Waals surface area (Å²) < 4.78 is 0. The van der Waals surface area contributed by atoms with Gasteiger partial charge in [-0.05, 0) is 49.5 Å². The van der Waals surface area contributed by atoms with E-state index in [-0.39, 0.29) is 11.8 Å². The van der Waals surface area contributed by atoms with Gasteiger partial charge in [-0.15, -0.1) is 0 Å². The van der Waals surface area contributed by atoms with Crippen molar-refractivity contribution in [1.29, 1.82) is 0 Å². The maximum Gasteiger partial charge on any atom is 0.238 e. The smallest absolute Gasteiger partial charge is 0.238 e. The second kappa shape index (κ2) is 11.8. The monoisotopic (exact) mass is 430 g/mol. The van der Waals surface area contributed by atoms with Crippen molar-refractivity contribution in [3.8, 4) is 0 Å². The molecule has 0 saturated heterocycles. The zero-order chi connectivity index (χ0) is 22.8. The molecule has 0 aliphatic rings. The van der Waals surface area contributed by atoms with Gasteiger partial charge in [-0.2, -0.15) is 0 Å². The molecule has 0 aromatic heterocycles. The first-order valence-electron chi connectivity index (χ1n) is 10.6. The number of nitrogens with zero attached hydrogens (tertiary/aromatic N) is 2. The molecule has 2 N–H and O–H groups in total. The van der Waals surface area contributed by atoms with Crippen LogP contribution in [0.2, 0.25) is 0 Å². The van der Waals surface area contributed by atoms with E-state index in [9.17, 15) is 9.59 Å². The number of anilines is 2. The van der Waals surface area contributed by atoms with Gasteiger partial charge in [0.25, 0.3) is 0 Å². The van der Waals surface area contributed by atoms with Crippen LogP contribution in [-0.2, 0) is 22.7 Å². The molecule has 3 aromatic rings. The van der Waals surface area contributed by atoms with Crippen LogP contribution >= 0.6 is 0 Å².